The SMILES string of the molecule is O.OCCOCCOCCOCCO. The van der Waals surface area contributed by atoms with Crippen LogP contribution in [0, 0.1) is 0 Å². The van der Waals surface area contributed by atoms with E-state index in [9.17, 15) is 0 Å². The normalized spacial score (nSPS) is 9.86. The van der Waals surface area contributed by atoms with Gasteiger partial charge in [-0.1, -0.05) is 0 Å². The van der Waals surface area contributed by atoms with E-state index in [2.05, 4.69) is 0 Å². The zero-order chi connectivity index (χ0) is 9.78. The molecule has 0 unspecified atom stereocenters. The van der Waals surface area contributed by atoms with E-state index in [1.165, 1.54) is 0 Å². The fraction of sp³-hybridized carbons (Fsp3) is 1.00. The second-order valence-electron chi connectivity index (χ2n) is 2.28. The second kappa shape index (κ2) is 15.2. The van der Waals surface area contributed by atoms with E-state index in [0.29, 0.717) is 39.6 Å². The van der Waals surface area contributed by atoms with E-state index in [1.807, 2.05) is 0 Å². The zero-order valence-corrected chi connectivity index (χ0v) is 8.28. The van der Waals surface area contributed by atoms with Crippen LogP contribution in [0.25, 0.3) is 0 Å². The van der Waals surface area contributed by atoms with Gasteiger partial charge in [-0.15, -0.1) is 0 Å². The van der Waals surface area contributed by atoms with Gasteiger partial charge in [0.25, 0.3) is 0 Å². The lowest BCUT2D eigenvalue weighted by Crippen LogP contribution is -2.11. The van der Waals surface area contributed by atoms with Crippen LogP contribution in [-0.4, -0.2) is 68.5 Å². The molecule has 0 aromatic rings. The Bertz CT molecular complexity index is 79.9. The summed E-state index contributed by atoms with van der Waals surface area (Å²) in [6, 6.07) is 0. The predicted octanol–water partition coefficient (Wildman–Crippen LogP) is -1.80. The summed E-state index contributed by atoms with van der Waals surface area (Å²) in [7, 11) is 0. The average molecular weight is 212 g/mol. The molecule has 0 aromatic carbocycles. The van der Waals surface area contributed by atoms with Gasteiger partial charge in [-0.3, -0.25) is 0 Å². The Hall–Kier alpha value is -0.240. The Morgan fingerprint density at radius 2 is 0.857 bits per heavy atom. The van der Waals surface area contributed by atoms with Crippen molar-refractivity contribution >= 4 is 0 Å². The van der Waals surface area contributed by atoms with Gasteiger partial charge in [-0.25, -0.2) is 0 Å². The fourth-order valence-corrected chi connectivity index (χ4v) is 0.671. The highest BCUT2D eigenvalue weighted by Gasteiger charge is 1.89. The molecule has 4 N–H and O–H groups in total. The molecule has 0 saturated heterocycles. The van der Waals surface area contributed by atoms with Crippen molar-refractivity contribution in [3.05, 3.63) is 0 Å². The quantitative estimate of drug-likeness (QED) is 0.416. The van der Waals surface area contributed by atoms with E-state index in [1.54, 1.807) is 0 Å². The monoisotopic (exact) mass is 212 g/mol. The minimum absolute atomic E-state index is 0. The molecule has 0 rings (SSSR count). The van der Waals surface area contributed by atoms with Crippen molar-refractivity contribution in [1.29, 1.82) is 0 Å². The highest BCUT2D eigenvalue weighted by Crippen LogP contribution is 1.80. The predicted molar refractivity (Wildman–Crippen MR) is 50.2 cm³/mol. The van der Waals surface area contributed by atoms with Crippen LogP contribution in [0.5, 0.6) is 0 Å². The molecule has 0 bridgehead atoms. The van der Waals surface area contributed by atoms with Crippen molar-refractivity contribution < 1.29 is 29.9 Å². The van der Waals surface area contributed by atoms with E-state index in [4.69, 9.17) is 24.4 Å². The molecular formula is C8H20O6. The number of hydrogen-bond acceptors (Lipinski definition) is 5. The summed E-state index contributed by atoms with van der Waals surface area (Å²) in [4.78, 5) is 0. The summed E-state index contributed by atoms with van der Waals surface area (Å²) >= 11 is 0. The number of ether oxygens (including phenoxy) is 3. The van der Waals surface area contributed by atoms with E-state index < -0.39 is 0 Å². The summed E-state index contributed by atoms with van der Waals surface area (Å²) < 4.78 is 15.0. The van der Waals surface area contributed by atoms with Crippen LogP contribution in [-0.2, 0) is 14.2 Å². The van der Waals surface area contributed by atoms with Crippen molar-refractivity contribution in [2.75, 3.05) is 52.9 Å². The number of aliphatic hydroxyl groups is 2. The lowest BCUT2D eigenvalue weighted by atomic mass is 10.7. The molecular weight excluding hydrogens is 192 g/mol. The first-order valence-electron chi connectivity index (χ1n) is 4.36. The lowest BCUT2D eigenvalue weighted by molar-refractivity contribution is 0.00230. The van der Waals surface area contributed by atoms with Crippen LogP contribution in [0.15, 0.2) is 0 Å². The second-order valence-corrected chi connectivity index (χ2v) is 2.28. The molecule has 0 atom stereocenters. The average Bonchev–Trinajstić information content (AvgIpc) is 2.16. The van der Waals surface area contributed by atoms with Gasteiger partial charge >= 0.3 is 0 Å². The summed E-state index contributed by atoms with van der Waals surface area (Å²) in [5.74, 6) is 0. The van der Waals surface area contributed by atoms with E-state index in [0.717, 1.165) is 0 Å². The Kier molecular flexibility index (Phi) is 17.6. The molecule has 0 saturated carbocycles. The number of aliphatic hydroxyl groups excluding tert-OH is 2. The Morgan fingerprint density at radius 1 is 0.571 bits per heavy atom. The maximum atomic E-state index is 8.36. The zero-order valence-electron chi connectivity index (χ0n) is 8.28. The number of rotatable bonds is 10. The summed E-state index contributed by atoms with van der Waals surface area (Å²) in [6.45, 7) is 2.76. The molecule has 0 fully saturated rings. The Balaban J connectivity index is 0. The maximum Gasteiger partial charge on any atom is 0.0701 e. The van der Waals surface area contributed by atoms with Crippen LogP contribution in [0.1, 0.15) is 0 Å². The van der Waals surface area contributed by atoms with Gasteiger partial charge in [-0.05, 0) is 0 Å². The molecule has 0 aliphatic carbocycles. The summed E-state index contributed by atoms with van der Waals surface area (Å²) in [5, 5.41) is 16.7. The third-order valence-corrected chi connectivity index (χ3v) is 1.22. The molecule has 0 aliphatic heterocycles. The first-order chi connectivity index (χ1) is 6.41. The largest absolute Gasteiger partial charge is 0.412 e. The first kappa shape index (κ1) is 16.2. The molecule has 0 aromatic heterocycles. The van der Waals surface area contributed by atoms with Crippen LogP contribution >= 0.6 is 0 Å². The molecule has 14 heavy (non-hydrogen) atoms. The Labute approximate surface area is 83.7 Å². The number of hydrogen-bond donors (Lipinski definition) is 2. The van der Waals surface area contributed by atoms with Crippen LogP contribution in [0.2, 0.25) is 0 Å². The minimum Gasteiger partial charge on any atom is -0.412 e. The van der Waals surface area contributed by atoms with Crippen molar-refractivity contribution in [1.82, 2.24) is 0 Å². The highest BCUT2D eigenvalue weighted by molar-refractivity contribution is 4.33. The van der Waals surface area contributed by atoms with E-state index >= 15 is 0 Å². The topological polar surface area (TPSA) is 99.7 Å². The van der Waals surface area contributed by atoms with Gasteiger partial charge in [0.15, 0.2) is 0 Å². The van der Waals surface area contributed by atoms with Crippen LogP contribution in [0.3, 0.4) is 0 Å². The van der Waals surface area contributed by atoms with Crippen molar-refractivity contribution in [3.63, 3.8) is 0 Å². The van der Waals surface area contributed by atoms with Crippen molar-refractivity contribution in [3.8, 4) is 0 Å². The van der Waals surface area contributed by atoms with Gasteiger partial charge in [0.2, 0.25) is 0 Å². The van der Waals surface area contributed by atoms with Crippen LogP contribution in [0.4, 0.5) is 0 Å². The Morgan fingerprint density at radius 3 is 1.14 bits per heavy atom. The molecule has 88 valence electrons. The van der Waals surface area contributed by atoms with Gasteiger partial charge < -0.3 is 29.9 Å². The summed E-state index contributed by atoms with van der Waals surface area (Å²) in [5.41, 5.74) is 0. The standard InChI is InChI=1S/C8H18O5.H2O/c9-1-3-11-5-7-13-8-6-12-4-2-10;/h9-10H,1-8H2;1H2. The third-order valence-electron chi connectivity index (χ3n) is 1.22. The summed E-state index contributed by atoms with van der Waals surface area (Å²) in [6.07, 6.45) is 0. The first-order valence-corrected chi connectivity index (χ1v) is 4.36. The van der Waals surface area contributed by atoms with Gasteiger partial charge in [0, 0.05) is 0 Å². The lowest BCUT2D eigenvalue weighted by Gasteiger charge is -2.04. The molecule has 0 heterocycles. The van der Waals surface area contributed by atoms with Crippen LogP contribution < -0.4 is 0 Å². The van der Waals surface area contributed by atoms with Gasteiger partial charge in [-0.2, -0.15) is 0 Å². The van der Waals surface area contributed by atoms with E-state index in [-0.39, 0.29) is 18.7 Å². The molecule has 6 nitrogen and oxygen atoms in total. The molecule has 0 amide bonds. The molecule has 0 spiro atoms. The molecule has 6 heteroatoms. The van der Waals surface area contributed by atoms with Gasteiger partial charge in [0.05, 0.1) is 52.9 Å². The molecule has 0 radical (unpaired) electrons. The third kappa shape index (κ3) is 14.3. The van der Waals surface area contributed by atoms with Gasteiger partial charge in [0.1, 0.15) is 0 Å². The van der Waals surface area contributed by atoms with Crippen molar-refractivity contribution in [2.24, 2.45) is 0 Å². The molecule has 0 aliphatic rings. The maximum absolute atomic E-state index is 8.36. The minimum atomic E-state index is 0. The van der Waals surface area contributed by atoms with Crippen molar-refractivity contribution in [2.45, 2.75) is 0 Å². The fourth-order valence-electron chi connectivity index (χ4n) is 0.671. The highest BCUT2D eigenvalue weighted by atomic mass is 16.5. The smallest absolute Gasteiger partial charge is 0.0701 e.